The maximum Gasteiger partial charge on any atom is 0.329 e. The first kappa shape index (κ1) is 20.3. The van der Waals surface area contributed by atoms with Crippen LogP contribution in [0.1, 0.15) is 29.1 Å². The molecular formula is C25H22N3O3+. The van der Waals surface area contributed by atoms with Gasteiger partial charge in [0.05, 0.1) is 25.1 Å². The SMILES string of the molecule is COC(=O)C1(C#N)C(c2ccccc2)NC(=O)C([n+]2ccccc2)C1c1ccccc1. The summed E-state index contributed by atoms with van der Waals surface area (Å²) in [6, 6.07) is 24.4. The second kappa shape index (κ2) is 8.41. The van der Waals surface area contributed by atoms with Crippen molar-refractivity contribution in [2.45, 2.75) is 18.0 Å². The lowest BCUT2D eigenvalue weighted by atomic mass is 9.61. The van der Waals surface area contributed by atoms with Crippen LogP contribution < -0.4 is 9.88 Å². The van der Waals surface area contributed by atoms with Crippen LogP contribution >= 0.6 is 0 Å². The minimum Gasteiger partial charge on any atom is -0.468 e. The zero-order chi connectivity index (χ0) is 21.8. The highest BCUT2D eigenvalue weighted by molar-refractivity contribution is 5.90. The van der Waals surface area contributed by atoms with Crippen LogP contribution in [0.3, 0.4) is 0 Å². The van der Waals surface area contributed by atoms with Crippen molar-refractivity contribution in [3.8, 4) is 6.07 Å². The molecule has 4 atom stereocenters. The quantitative estimate of drug-likeness (QED) is 0.528. The summed E-state index contributed by atoms with van der Waals surface area (Å²) >= 11 is 0. The second-order valence-corrected chi connectivity index (χ2v) is 7.48. The molecule has 4 unspecified atom stereocenters. The van der Waals surface area contributed by atoms with Gasteiger partial charge in [-0.05, 0) is 11.1 Å². The van der Waals surface area contributed by atoms with Crippen molar-refractivity contribution >= 4 is 11.9 Å². The van der Waals surface area contributed by atoms with E-state index in [1.165, 1.54) is 7.11 Å². The molecule has 0 bridgehead atoms. The standard InChI is InChI=1S/C25H21N3O3/c1-31-24(30)25(17-26)20(18-11-5-2-6-12-18)21(28-15-9-4-10-16-28)23(29)27-22(25)19-13-7-3-8-14-19/h2-16,20-22H,1H3/p+1. The molecule has 0 saturated carbocycles. The molecule has 0 radical (unpaired) electrons. The Kier molecular flexibility index (Phi) is 5.50. The molecule has 2 heterocycles. The predicted octanol–water partition coefficient (Wildman–Crippen LogP) is 2.85. The van der Waals surface area contributed by atoms with Gasteiger partial charge in [0.1, 0.15) is 0 Å². The number of amides is 1. The molecule has 1 aromatic heterocycles. The van der Waals surface area contributed by atoms with E-state index in [9.17, 15) is 14.9 Å². The minimum absolute atomic E-state index is 0.270. The summed E-state index contributed by atoms with van der Waals surface area (Å²) in [5.74, 6) is -1.73. The van der Waals surface area contributed by atoms with E-state index in [2.05, 4.69) is 11.4 Å². The fourth-order valence-corrected chi connectivity index (χ4v) is 4.52. The number of rotatable bonds is 4. The van der Waals surface area contributed by atoms with Crippen LogP contribution in [-0.4, -0.2) is 19.0 Å². The molecule has 6 heteroatoms. The molecule has 6 nitrogen and oxygen atoms in total. The first-order valence-corrected chi connectivity index (χ1v) is 9.99. The molecular weight excluding hydrogens is 390 g/mol. The summed E-state index contributed by atoms with van der Waals surface area (Å²) in [6.45, 7) is 0. The maximum atomic E-state index is 13.5. The van der Waals surface area contributed by atoms with Crippen molar-refractivity contribution in [1.29, 1.82) is 5.26 Å². The summed E-state index contributed by atoms with van der Waals surface area (Å²) in [6.07, 6.45) is 3.53. The van der Waals surface area contributed by atoms with Crippen LogP contribution in [0, 0.1) is 16.7 Å². The molecule has 0 aliphatic carbocycles. The maximum absolute atomic E-state index is 13.5. The molecule has 1 N–H and O–H groups in total. The zero-order valence-electron chi connectivity index (χ0n) is 17.0. The molecule has 154 valence electrons. The van der Waals surface area contributed by atoms with Gasteiger partial charge in [-0.15, -0.1) is 0 Å². The smallest absolute Gasteiger partial charge is 0.329 e. The predicted molar refractivity (Wildman–Crippen MR) is 112 cm³/mol. The third-order valence-electron chi connectivity index (χ3n) is 5.88. The van der Waals surface area contributed by atoms with E-state index in [0.717, 1.165) is 0 Å². The number of ether oxygens (including phenoxy) is 1. The van der Waals surface area contributed by atoms with Crippen LogP contribution in [0.5, 0.6) is 0 Å². The van der Waals surface area contributed by atoms with E-state index in [1.807, 2.05) is 66.7 Å². The number of aromatic nitrogens is 1. The third-order valence-corrected chi connectivity index (χ3v) is 5.88. The molecule has 1 saturated heterocycles. The van der Waals surface area contributed by atoms with Gasteiger partial charge in [0, 0.05) is 12.1 Å². The number of nitrogens with one attached hydrogen (secondary N) is 1. The number of hydrogen-bond acceptors (Lipinski definition) is 4. The van der Waals surface area contributed by atoms with E-state index in [-0.39, 0.29) is 5.91 Å². The first-order valence-electron chi connectivity index (χ1n) is 9.99. The summed E-state index contributed by atoms with van der Waals surface area (Å²) in [5.41, 5.74) is -0.300. The lowest BCUT2D eigenvalue weighted by molar-refractivity contribution is -0.715. The van der Waals surface area contributed by atoms with E-state index >= 15 is 0 Å². The number of nitriles is 1. The average molecular weight is 412 g/mol. The van der Waals surface area contributed by atoms with E-state index in [4.69, 9.17) is 4.74 Å². The molecule has 2 aromatic carbocycles. The van der Waals surface area contributed by atoms with Gasteiger partial charge in [-0.25, -0.2) is 0 Å². The van der Waals surface area contributed by atoms with Gasteiger partial charge < -0.3 is 10.1 Å². The number of esters is 1. The fourth-order valence-electron chi connectivity index (χ4n) is 4.52. The molecule has 1 aliphatic rings. The zero-order valence-corrected chi connectivity index (χ0v) is 17.0. The Balaban J connectivity index is 2.02. The average Bonchev–Trinajstić information content (AvgIpc) is 2.84. The number of nitrogens with zero attached hydrogens (tertiary/aromatic N) is 2. The number of methoxy groups -OCH3 is 1. The van der Waals surface area contributed by atoms with Crippen molar-refractivity contribution in [2.75, 3.05) is 7.11 Å². The van der Waals surface area contributed by atoms with E-state index in [0.29, 0.717) is 11.1 Å². The minimum atomic E-state index is -1.68. The number of pyridine rings is 1. The van der Waals surface area contributed by atoms with Gasteiger partial charge in [0.25, 0.3) is 5.91 Å². The van der Waals surface area contributed by atoms with Gasteiger partial charge in [-0.2, -0.15) is 9.83 Å². The van der Waals surface area contributed by atoms with Crippen molar-refractivity contribution in [3.63, 3.8) is 0 Å². The summed E-state index contributed by atoms with van der Waals surface area (Å²) in [4.78, 5) is 26.8. The Bertz CT molecular complexity index is 1110. The Labute approximate surface area is 180 Å². The molecule has 1 aliphatic heterocycles. The number of benzene rings is 2. The molecule has 0 spiro atoms. The molecule has 4 rings (SSSR count). The van der Waals surface area contributed by atoms with Crippen LogP contribution in [0.4, 0.5) is 0 Å². The molecule has 1 amide bonds. The number of piperidine rings is 1. The van der Waals surface area contributed by atoms with Crippen molar-refractivity contribution in [1.82, 2.24) is 5.32 Å². The Hall–Kier alpha value is -3.98. The molecule has 31 heavy (non-hydrogen) atoms. The van der Waals surface area contributed by atoms with Crippen LogP contribution in [0.15, 0.2) is 91.3 Å². The van der Waals surface area contributed by atoms with Crippen molar-refractivity contribution in [3.05, 3.63) is 102 Å². The highest BCUT2D eigenvalue weighted by atomic mass is 16.5. The summed E-state index contributed by atoms with van der Waals surface area (Å²) in [7, 11) is 1.27. The highest BCUT2D eigenvalue weighted by Gasteiger charge is 2.65. The van der Waals surface area contributed by atoms with Crippen LogP contribution in [0.25, 0.3) is 0 Å². The van der Waals surface area contributed by atoms with Crippen LogP contribution in [-0.2, 0) is 14.3 Å². The van der Waals surface area contributed by atoms with E-state index in [1.54, 1.807) is 29.1 Å². The number of carbonyl (C=O) groups is 2. The lowest BCUT2D eigenvalue weighted by Gasteiger charge is -2.44. The first-order chi connectivity index (χ1) is 15.1. The number of hydrogen-bond donors (Lipinski definition) is 1. The largest absolute Gasteiger partial charge is 0.468 e. The van der Waals surface area contributed by atoms with Gasteiger partial charge in [-0.1, -0.05) is 66.7 Å². The Morgan fingerprint density at radius 2 is 1.52 bits per heavy atom. The number of carbonyl (C=O) groups excluding carboxylic acids is 2. The van der Waals surface area contributed by atoms with Gasteiger partial charge in [0.2, 0.25) is 6.04 Å². The van der Waals surface area contributed by atoms with Gasteiger partial charge in [0.15, 0.2) is 17.8 Å². The molecule has 1 fully saturated rings. The van der Waals surface area contributed by atoms with Crippen molar-refractivity contribution < 1.29 is 18.9 Å². The Morgan fingerprint density at radius 3 is 2.06 bits per heavy atom. The Morgan fingerprint density at radius 1 is 0.968 bits per heavy atom. The monoisotopic (exact) mass is 412 g/mol. The summed E-state index contributed by atoms with van der Waals surface area (Å²) < 4.78 is 6.92. The summed E-state index contributed by atoms with van der Waals surface area (Å²) in [5, 5.41) is 13.5. The van der Waals surface area contributed by atoms with Crippen LogP contribution in [0.2, 0.25) is 0 Å². The molecule has 3 aromatic rings. The second-order valence-electron chi connectivity index (χ2n) is 7.48. The van der Waals surface area contributed by atoms with E-state index < -0.39 is 29.4 Å². The lowest BCUT2D eigenvalue weighted by Crippen LogP contribution is -2.64. The fraction of sp³-hybridized carbons (Fsp3) is 0.200. The normalized spacial score (nSPS) is 25.2. The highest BCUT2D eigenvalue weighted by Crippen LogP contribution is 2.53. The van der Waals surface area contributed by atoms with Gasteiger partial charge >= 0.3 is 5.97 Å². The third kappa shape index (κ3) is 3.34. The van der Waals surface area contributed by atoms with Gasteiger partial charge in [-0.3, -0.25) is 9.59 Å². The van der Waals surface area contributed by atoms with Crippen molar-refractivity contribution in [2.24, 2.45) is 5.41 Å². The topological polar surface area (TPSA) is 83.1 Å².